The molecule has 4 heteroatoms. The van der Waals surface area contributed by atoms with Crippen molar-refractivity contribution in [3.63, 3.8) is 0 Å². The topological polar surface area (TPSA) is 29.1 Å². The lowest BCUT2D eigenvalue weighted by Crippen LogP contribution is -2.09. The van der Waals surface area contributed by atoms with Gasteiger partial charge in [0, 0.05) is 10.5 Å². The fourth-order valence-corrected chi connectivity index (χ4v) is 2.09. The molecular formula is C16H13BrFNO. The summed E-state index contributed by atoms with van der Waals surface area (Å²) >= 11 is 3.39. The molecule has 2 aromatic carbocycles. The van der Waals surface area contributed by atoms with Crippen molar-refractivity contribution in [1.82, 2.24) is 0 Å². The van der Waals surface area contributed by atoms with Gasteiger partial charge in [0.05, 0.1) is 5.69 Å². The minimum Gasteiger partial charge on any atom is -0.320 e. The molecule has 102 valence electrons. The Kier molecular flexibility index (Phi) is 4.69. The van der Waals surface area contributed by atoms with Crippen molar-refractivity contribution in [2.45, 2.75) is 6.92 Å². The highest BCUT2D eigenvalue weighted by Crippen LogP contribution is 2.18. The van der Waals surface area contributed by atoms with Crippen molar-refractivity contribution in [3.05, 3.63) is 70.0 Å². The molecule has 0 fully saturated rings. The van der Waals surface area contributed by atoms with E-state index in [2.05, 4.69) is 21.2 Å². The second-order valence-corrected chi connectivity index (χ2v) is 5.18. The molecule has 0 bridgehead atoms. The molecule has 0 radical (unpaired) electrons. The van der Waals surface area contributed by atoms with Gasteiger partial charge in [0.25, 0.3) is 0 Å². The van der Waals surface area contributed by atoms with Crippen LogP contribution in [0.4, 0.5) is 10.1 Å². The molecule has 0 atom stereocenters. The number of carbonyl (C=O) groups is 1. The summed E-state index contributed by atoms with van der Waals surface area (Å²) in [5.74, 6) is -0.809. The maximum Gasteiger partial charge on any atom is 0.248 e. The third-order valence-electron chi connectivity index (χ3n) is 2.70. The van der Waals surface area contributed by atoms with Crippen LogP contribution in [0.5, 0.6) is 0 Å². The summed E-state index contributed by atoms with van der Waals surface area (Å²) in [6.07, 6.45) is 3.05. The average Bonchev–Trinajstić information content (AvgIpc) is 2.41. The molecule has 0 aliphatic rings. The van der Waals surface area contributed by atoms with Crippen molar-refractivity contribution in [1.29, 1.82) is 0 Å². The zero-order chi connectivity index (χ0) is 14.5. The van der Waals surface area contributed by atoms with Gasteiger partial charge in [-0.25, -0.2) is 4.39 Å². The smallest absolute Gasteiger partial charge is 0.248 e. The van der Waals surface area contributed by atoms with Crippen LogP contribution in [0.15, 0.2) is 53.0 Å². The number of benzene rings is 2. The molecule has 0 spiro atoms. The van der Waals surface area contributed by atoms with Crippen LogP contribution in [0, 0.1) is 12.7 Å². The van der Waals surface area contributed by atoms with E-state index in [0.29, 0.717) is 0 Å². The summed E-state index contributed by atoms with van der Waals surface area (Å²) in [6, 6.07) is 12.2. The monoisotopic (exact) mass is 333 g/mol. The second kappa shape index (κ2) is 6.48. The fraction of sp³-hybridized carbons (Fsp3) is 0.0625. The molecule has 1 amide bonds. The predicted octanol–water partition coefficient (Wildman–Crippen LogP) is 4.55. The Bertz CT molecular complexity index is 667. The zero-order valence-electron chi connectivity index (χ0n) is 10.9. The molecule has 2 rings (SSSR count). The standard InChI is InChI=1S/C16H13BrFNO/c1-11-6-8-15(14(18)10-11)19-16(20)9-7-12-4-2-3-5-13(12)17/h2-10H,1H3,(H,19,20)/b9-7+. The molecule has 0 aliphatic heterocycles. The molecule has 0 saturated carbocycles. The van der Waals surface area contributed by atoms with Gasteiger partial charge in [-0.15, -0.1) is 0 Å². The quantitative estimate of drug-likeness (QED) is 0.820. The molecule has 0 aliphatic carbocycles. The third kappa shape index (κ3) is 3.78. The molecule has 2 nitrogen and oxygen atoms in total. The van der Waals surface area contributed by atoms with Crippen LogP contribution in [0.25, 0.3) is 6.08 Å². The number of aryl methyl sites for hydroxylation is 1. The summed E-state index contributed by atoms with van der Waals surface area (Å²) < 4.78 is 14.5. The van der Waals surface area contributed by atoms with Crippen LogP contribution in [0.2, 0.25) is 0 Å². The molecule has 20 heavy (non-hydrogen) atoms. The van der Waals surface area contributed by atoms with Gasteiger partial charge in [0.15, 0.2) is 0 Å². The highest BCUT2D eigenvalue weighted by Gasteiger charge is 2.04. The lowest BCUT2D eigenvalue weighted by molar-refractivity contribution is -0.111. The molecule has 0 aromatic heterocycles. The van der Waals surface area contributed by atoms with Gasteiger partial charge in [-0.05, 0) is 42.3 Å². The summed E-state index contributed by atoms with van der Waals surface area (Å²) in [4.78, 5) is 11.8. The highest BCUT2D eigenvalue weighted by molar-refractivity contribution is 9.10. The maximum atomic E-state index is 13.6. The number of nitrogens with one attached hydrogen (secondary N) is 1. The van der Waals surface area contributed by atoms with E-state index in [1.54, 1.807) is 25.1 Å². The van der Waals surface area contributed by atoms with E-state index < -0.39 is 5.82 Å². The summed E-state index contributed by atoms with van der Waals surface area (Å²) in [6.45, 7) is 1.79. The number of carbonyl (C=O) groups excluding carboxylic acids is 1. The first-order valence-electron chi connectivity index (χ1n) is 6.06. The Morgan fingerprint density at radius 2 is 2.00 bits per heavy atom. The van der Waals surface area contributed by atoms with Crippen LogP contribution in [0.3, 0.4) is 0 Å². The fourth-order valence-electron chi connectivity index (χ4n) is 1.67. The van der Waals surface area contributed by atoms with Gasteiger partial charge < -0.3 is 5.32 Å². The minimum absolute atomic E-state index is 0.178. The summed E-state index contributed by atoms with van der Waals surface area (Å²) in [5, 5.41) is 2.51. The van der Waals surface area contributed by atoms with E-state index in [9.17, 15) is 9.18 Å². The van der Waals surface area contributed by atoms with Crippen molar-refractivity contribution < 1.29 is 9.18 Å². The Morgan fingerprint density at radius 1 is 1.25 bits per heavy atom. The number of hydrogen-bond acceptors (Lipinski definition) is 1. The van der Waals surface area contributed by atoms with E-state index >= 15 is 0 Å². The molecule has 0 heterocycles. The third-order valence-corrected chi connectivity index (χ3v) is 3.42. The van der Waals surface area contributed by atoms with Gasteiger partial charge in [-0.2, -0.15) is 0 Å². The molecule has 0 saturated heterocycles. The average molecular weight is 334 g/mol. The first-order chi connectivity index (χ1) is 9.56. The largest absolute Gasteiger partial charge is 0.320 e. The highest BCUT2D eigenvalue weighted by atomic mass is 79.9. The van der Waals surface area contributed by atoms with Crippen molar-refractivity contribution in [3.8, 4) is 0 Å². The van der Waals surface area contributed by atoms with E-state index in [-0.39, 0.29) is 11.6 Å². The molecule has 1 N–H and O–H groups in total. The Hall–Kier alpha value is -1.94. The molecule has 0 unspecified atom stereocenters. The lowest BCUT2D eigenvalue weighted by Gasteiger charge is -2.04. The maximum absolute atomic E-state index is 13.6. The van der Waals surface area contributed by atoms with Crippen LogP contribution in [0.1, 0.15) is 11.1 Å². The van der Waals surface area contributed by atoms with Crippen LogP contribution < -0.4 is 5.32 Å². The summed E-state index contributed by atoms with van der Waals surface area (Å²) in [5.41, 5.74) is 1.87. The predicted molar refractivity (Wildman–Crippen MR) is 82.9 cm³/mol. The Labute approximate surface area is 125 Å². The Balaban J connectivity index is 2.08. The zero-order valence-corrected chi connectivity index (χ0v) is 12.4. The van der Waals surface area contributed by atoms with E-state index in [1.807, 2.05) is 24.3 Å². The van der Waals surface area contributed by atoms with Gasteiger partial charge in [-0.3, -0.25) is 4.79 Å². The normalized spacial score (nSPS) is 10.8. The van der Waals surface area contributed by atoms with Crippen LogP contribution in [-0.4, -0.2) is 5.91 Å². The van der Waals surface area contributed by atoms with Gasteiger partial charge in [0.2, 0.25) is 5.91 Å². The number of anilines is 1. The Morgan fingerprint density at radius 3 is 2.70 bits per heavy atom. The van der Waals surface area contributed by atoms with Gasteiger partial charge in [0.1, 0.15) is 5.82 Å². The van der Waals surface area contributed by atoms with Crippen molar-refractivity contribution in [2.24, 2.45) is 0 Å². The van der Waals surface area contributed by atoms with Crippen LogP contribution >= 0.6 is 15.9 Å². The minimum atomic E-state index is -0.437. The number of hydrogen-bond donors (Lipinski definition) is 1. The SMILES string of the molecule is Cc1ccc(NC(=O)/C=C/c2ccccc2Br)c(F)c1. The summed E-state index contributed by atoms with van der Waals surface area (Å²) in [7, 11) is 0. The number of amides is 1. The molecule has 2 aromatic rings. The first-order valence-corrected chi connectivity index (χ1v) is 6.85. The van der Waals surface area contributed by atoms with Gasteiger partial charge in [-0.1, -0.05) is 40.2 Å². The van der Waals surface area contributed by atoms with E-state index in [4.69, 9.17) is 0 Å². The molecular weight excluding hydrogens is 321 g/mol. The van der Waals surface area contributed by atoms with E-state index in [1.165, 1.54) is 12.1 Å². The van der Waals surface area contributed by atoms with Crippen molar-refractivity contribution in [2.75, 3.05) is 5.32 Å². The van der Waals surface area contributed by atoms with E-state index in [0.717, 1.165) is 15.6 Å². The van der Waals surface area contributed by atoms with Gasteiger partial charge >= 0.3 is 0 Å². The second-order valence-electron chi connectivity index (χ2n) is 4.33. The first kappa shape index (κ1) is 14.5. The van der Waals surface area contributed by atoms with Crippen molar-refractivity contribution >= 4 is 33.6 Å². The lowest BCUT2D eigenvalue weighted by atomic mass is 10.2. The van der Waals surface area contributed by atoms with Crippen LogP contribution in [-0.2, 0) is 4.79 Å². The number of halogens is 2. The number of rotatable bonds is 3.